The highest BCUT2D eigenvalue weighted by Crippen LogP contribution is 2.24. The number of aliphatic hydroxyl groups excluding tert-OH is 1. The fourth-order valence-electron chi connectivity index (χ4n) is 1.81. The van der Waals surface area contributed by atoms with E-state index in [1.165, 1.54) is 0 Å². The van der Waals surface area contributed by atoms with Gasteiger partial charge in [0, 0.05) is 17.3 Å². The largest absolute Gasteiger partial charge is 0.390 e. The number of halogens is 1. The third-order valence-corrected chi connectivity index (χ3v) is 4.06. The highest BCUT2D eigenvalue weighted by molar-refractivity contribution is 7.98. The molecule has 0 aliphatic heterocycles. The molecule has 0 bridgehead atoms. The molecule has 0 aliphatic rings. The van der Waals surface area contributed by atoms with Gasteiger partial charge in [-0.25, -0.2) is 4.98 Å². The molecule has 0 radical (unpaired) electrons. The number of benzene rings is 1. The van der Waals surface area contributed by atoms with Crippen molar-refractivity contribution in [2.45, 2.75) is 30.5 Å². The Balaban J connectivity index is 2.09. The van der Waals surface area contributed by atoms with E-state index in [4.69, 9.17) is 16.9 Å². The molecule has 0 amide bonds. The summed E-state index contributed by atoms with van der Waals surface area (Å²) >= 11 is 7.52. The molecular formula is C14H14ClN3OS. The van der Waals surface area contributed by atoms with Crippen LogP contribution in [0.25, 0.3) is 0 Å². The smallest absolute Gasteiger partial charge is 0.168 e. The van der Waals surface area contributed by atoms with E-state index in [1.54, 1.807) is 18.0 Å². The lowest BCUT2D eigenvalue weighted by Gasteiger charge is -2.08. The number of aromatic nitrogens is 2. The normalized spacial score (nSPS) is 10.4. The molecule has 0 fully saturated rings. The van der Waals surface area contributed by atoms with Gasteiger partial charge < -0.3 is 9.67 Å². The van der Waals surface area contributed by atoms with Gasteiger partial charge in [0.1, 0.15) is 0 Å². The second-order valence-electron chi connectivity index (χ2n) is 4.17. The van der Waals surface area contributed by atoms with Crippen LogP contribution in [0, 0.1) is 11.3 Å². The summed E-state index contributed by atoms with van der Waals surface area (Å²) in [6.07, 6.45) is 2.05. The molecule has 104 valence electrons. The standard InChI is InChI=1S/C14H14ClN3OS/c15-12-4-1-3-11(7-12)10-20-14-17-8-13(9-19)18(14)6-2-5-16/h1,3-4,7-8,19H,2,6,9-10H2. The van der Waals surface area contributed by atoms with Crippen LogP contribution < -0.4 is 0 Å². The molecule has 1 N–H and O–H groups in total. The number of imidazole rings is 1. The van der Waals surface area contributed by atoms with E-state index in [9.17, 15) is 5.11 Å². The summed E-state index contributed by atoms with van der Waals surface area (Å²) in [4.78, 5) is 4.30. The van der Waals surface area contributed by atoms with Crippen molar-refractivity contribution in [3.05, 3.63) is 46.7 Å². The summed E-state index contributed by atoms with van der Waals surface area (Å²) < 4.78 is 1.89. The van der Waals surface area contributed by atoms with E-state index >= 15 is 0 Å². The summed E-state index contributed by atoms with van der Waals surface area (Å²) in [6.45, 7) is 0.473. The molecule has 0 saturated carbocycles. The quantitative estimate of drug-likeness (QED) is 0.832. The van der Waals surface area contributed by atoms with Gasteiger partial charge in [0.05, 0.1) is 31.0 Å². The minimum Gasteiger partial charge on any atom is -0.390 e. The van der Waals surface area contributed by atoms with Crippen molar-refractivity contribution >= 4 is 23.4 Å². The van der Waals surface area contributed by atoms with Gasteiger partial charge in [0.25, 0.3) is 0 Å². The van der Waals surface area contributed by atoms with Crippen LogP contribution in [0.2, 0.25) is 5.02 Å². The SMILES string of the molecule is N#CCCn1c(CO)cnc1SCc1cccc(Cl)c1. The summed E-state index contributed by atoms with van der Waals surface area (Å²) in [5, 5.41) is 19.5. The second kappa shape index (κ2) is 7.34. The van der Waals surface area contributed by atoms with E-state index < -0.39 is 0 Å². The van der Waals surface area contributed by atoms with Crippen LogP contribution in [0.3, 0.4) is 0 Å². The Hall–Kier alpha value is -1.48. The van der Waals surface area contributed by atoms with Crippen molar-refractivity contribution in [1.29, 1.82) is 5.26 Å². The maximum absolute atomic E-state index is 9.28. The average molecular weight is 308 g/mol. The lowest BCUT2D eigenvalue weighted by atomic mass is 10.2. The van der Waals surface area contributed by atoms with Crippen LogP contribution in [0.1, 0.15) is 17.7 Å². The molecule has 4 nitrogen and oxygen atoms in total. The molecular weight excluding hydrogens is 294 g/mol. The zero-order valence-electron chi connectivity index (χ0n) is 10.8. The van der Waals surface area contributed by atoms with Crippen molar-refractivity contribution < 1.29 is 5.11 Å². The summed E-state index contributed by atoms with van der Waals surface area (Å²) in [5.41, 5.74) is 1.84. The number of nitrogens with zero attached hydrogens (tertiary/aromatic N) is 3. The monoisotopic (exact) mass is 307 g/mol. The minimum atomic E-state index is -0.0733. The van der Waals surface area contributed by atoms with Crippen LogP contribution in [0.5, 0.6) is 0 Å². The number of nitriles is 1. The first-order valence-electron chi connectivity index (χ1n) is 6.14. The first-order chi connectivity index (χ1) is 9.74. The number of hydrogen-bond acceptors (Lipinski definition) is 4. The maximum atomic E-state index is 9.28. The zero-order valence-corrected chi connectivity index (χ0v) is 12.4. The molecule has 1 heterocycles. The number of aliphatic hydroxyl groups is 1. The van der Waals surface area contributed by atoms with E-state index in [0.29, 0.717) is 18.0 Å². The molecule has 2 aromatic rings. The second-order valence-corrected chi connectivity index (χ2v) is 5.55. The van der Waals surface area contributed by atoms with E-state index in [1.807, 2.05) is 28.8 Å². The Bertz CT molecular complexity index is 621. The van der Waals surface area contributed by atoms with Crippen LogP contribution in [0.15, 0.2) is 35.6 Å². The van der Waals surface area contributed by atoms with E-state index in [0.717, 1.165) is 22.2 Å². The third-order valence-electron chi connectivity index (χ3n) is 2.77. The fourth-order valence-corrected chi connectivity index (χ4v) is 2.99. The van der Waals surface area contributed by atoms with Crippen LogP contribution in [-0.4, -0.2) is 14.7 Å². The highest BCUT2D eigenvalue weighted by atomic mass is 35.5. The van der Waals surface area contributed by atoms with Crippen molar-refractivity contribution in [3.63, 3.8) is 0 Å². The molecule has 0 atom stereocenters. The van der Waals surface area contributed by atoms with Gasteiger partial charge in [-0.2, -0.15) is 5.26 Å². The van der Waals surface area contributed by atoms with Crippen molar-refractivity contribution in [2.24, 2.45) is 0 Å². The van der Waals surface area contributed by atoms with Crippen molar-refractivity contribution in [2.75, 3.05) is 0 Å². The lowest BCUT2D eigenvalue weighted by molar-refractivity contribution is 0.269. The summed E-state index contributed by atoms with van der Waals surface area (Å²) in [5.74, 6) is 0.745. The van der Waals surface area contributed by atoms with Gasteiger partial charge in [-0.3, -0.25) is 0 Å². The minimum absolute atomic E-state index is 0.0733. The fraction of sp³-hybridized carbons (Fsp3) is 0.286. The molecule has 0 spiro atoms. The lowest BCUT2D eigenvalue weighted by Crippen LogP contribution is -2.04. The first-order valence-corrected chi connectivity index (χ1v) is 7.50. The predicted octanol–water partition coefficient (Wildman–Crippen LogP) is 3.23. The zero-order chi connectivity index (χ0) is 14.4. The van der Waals surface area contributed by atoms with Gasteiger partial charge >= 0.3 is 0 Å². The van der Waals surface area contributed by atoms with Crippen LogP contribution in [-0.2, 0) is 18.9 Å². The molecule has 2 rings (SSSR count). The number of thioether (sulfide) groups is 1. The Morgan fingerprint density at radius 1 is 1.45 bits per heavy atom. The predicted molar refractivity (Wildman–Crippen MR) is 79.4 cm³/mol. The molecule has 6 heteroatoms. The molecule has 20 heavy (non-hydrogen) atoms. The van der Waals surface area contributed by atoms with Gasteiger partial charge in [0.2, 0.25) is 0 Å². The molecule has 1 aromatic carbocycles. The van der Waals surface area contributed by atoms with Gasteiger partial charge in [-0.1, -0.05) is 35.5 Å². The van der Waals surface area contributed by atoms with E-state index in [-0.39, 0.29) is 6.61 Å². The average Bonchev–Trinajstić information content (AvgIpc) is 2.85. The van der Waals surface area contributed by atoms with Crippen molar-refractivity contribution in [1.82, 2.24) is 9.55 Å². The Morgan fingerprint density at radius 2 is 2.30 bits per heavy atom. The number of rotatable bonds is 6. The van der Waals surface area contributed by atoms with Gasteiger partial charge in [-0.15, -0.1) is 0 Å². The van der Waals surface area contributed by atoms with Crippen LogP contribution in [0.4, 0.5) is 0 Å². The molecule has 1 aromatic heterocycles. The number of hydrogen-bond donors (Lipinski definition) is 1. The maximum Gasteiger partial charge on any atom is 0.168 e. The topological polar surface area (TPSA) is 61.8 Å². The van der Waals surface area contributed by atoms with Gasteiger partial charge in [-0.05, 0) is 17.7 Å². The molecule has 0 aliphatic carbocycles. The molecule has 0 saturated heterocycles. The summed E-state index contributed by atoms with van der Waals surface area (Å²) in [6, 6.07) is 9.79. The highest BCUT2D eigenvalue weighted by Gasteiger charge is 2.10. The van der Waals surface area contributed by atoms with Gasteiger partial charge in [0.15, 0.2) is 5.16 Å². The van der Waals surface area contributed by atoms with Crippen LogP contribution >= 0.6 is 23.4 Å². The van der Waals surface area contributed by atoms with E-state index in [2.05, 4.69) is 11.1 Å². The Morgan fingerprint density at radius 3 is 3.00 bits per heavy atom. The Labute approximate surface area is 127 Å². The third kappa shape index (κ3) is 3.76. The van der Waals surface area contributed by atoms with Crippen molar-refractivity contribution in [3.8, 4) is 6.07 Å². The first kappa shape index (κ1) is 14.9. The summed E-state index contributed by atoms with van der Waals surface area (Å²) in [7, 11) is 0. The molecule has 0 unspecified atom stereocenters. The Kier molecular flexibility index (Phi) is 5.48.